The van der Waals surface area contributed by atoms with E-state index in [4.69, 9.17) is 0 Å². The number of benzene rings is 2. The molecule has 4 atom stereocenters. The van der Waals surface area contributed by atoms with Crippen molar-refractivity contribution >= 4 is 26.8 Å². The highest BCUT2D eigenvalue weighted by molar-refractivity contribution is 7.89. The minimum atomic E-state index is -3.91. The predicted octanol–water partition coefficient (Wildman–Crippen LogP) is 5.06. The summed E-state index contributed by atoms with van der Waals surface area (Å²) in [6.45, 7) is 6.61. The van der Waals surface area contributed by atoms with Crippen LogP contribution in [-0.2, 0) is 21.2 Å². The summed E-state index contributed by atoms with van der Waals surface area (Å²) in [6.07, 6.45) is 5.79. The van der Waals surface area contributed by atoms with Gasteiger partial charge in [-0.15, -0.1) is 0 Å². The number of rotatable bonds is 9. The summed E-state index contributed by atoms with van der Waals surface area (Å²) >= 11 is 0. The molecule has 216 valence electrons. The summed E-state index contributed by atoms with van der Waals surface area (Å²) in [4.78, 5) is 16.3. The molecule has 4 unspecified atom stereocenters. The standard InChI is InChI=1S/C31H40FN3O4S/c1-29(2)19-27(35-40(38,39)23-10-8-22(32)9-11-23)31(16-15-30(3,37)18-26(29)31)14-12-28(36)33-17-13-21-20-34-25-7-5-4-6-24(21)25/h4-11,20,26-27,34-35,37H,12-19H2,1-3H3,(H,33,36). The zero-order chi connectivity index (χ0) is 28.8. The van der Waals surface area contributed by atoms with Crippen molar-refractivity contribution in [1.82, 2.24) is 15.0 Å². The number of aromatic nitrogens is 1. The molecule has 0 spiro atoms. The van der Waals surface area contributed by atoms with E-state index in [-0.39, 0.29) is 28.6 Å². The Hall–Kier alpha value is -2.75. The third kappa shape index (κ3) is 5.69. The molecule has 9 heteroatoms. The quantitative estimate of drug-likeness (QED) is 0.289. The third-order valence-corrected chi connectivity index (χ3v) is 11.0. The van der Waals surface area contributed by atoms with Gasteiger partial charge in [-0.1, -0.05) is 32.0 Å². The first-order valence-electron chi connectivity index (χ1n) is 14.1. The number of hydrogen-bond donors (Lipinski definition) is 4. The van der Waals surface area contributed by atoms with Gasteiger partial charge in [0.15, 0.2) is 0 Å². The molecule has 2 aliphatic carbocycles. The number of halogens is 1. The Bertz CT molecular complexity index is 1480. The van der Waals surface area contributed by atoms with Gasteiger partial charge >= 0.3 is 0 Å². The van der Waals surface area contributed by atoms with Crippen molar-refractivity contribution < 1.29 is 22.7 Å². The van der Waals surface area contributed by atoms with Crippen LogP contribution in [0.1, 0.15) is 64.9 Å². The van der Waals surface area contributed by atoms with Crippen LogP contribution in [-0.4, -0.2) is 42.6 Å². The topological polar surface area (TPSA) is 111 Å². The Labute approximate surface area is 236 Å². The molecular weight excluding hydrogens is 529 g/mol. The van der Waals surface area contributed by atoms with Gasteiger partial charge in [-0.3, -0.25) is 4.79 Å². The van der Waals surface area contributed by atoms with E-state index in [9.17, 15) is 22.7 Å². The average Bonchev–Trinajstić information content (AvgIpc) is 3.39. The number of amides is 1. The van der Waals surface area contributed by atoms with E-state index in [1.54, 1.807) is 0 Å². The van der Waals surface area contributed by atoms with Gasteiger partial charge < -0.3 is 15.4 Å². The normalized spacial score (nSPS) is 27.9. The Kier molecular flexibility index (Phi) is 7.61. The number of nitrogens with one attached hydrogen (secondary N) is 3. The van der Waals surface area contributed by atoms with Crippen LogP contribution in [0.2, 0.25) is 0 Å². The second-order valence-corrected chi connectivity index (χ2v) is 14.5. The lowest BCUT2D eigenvalue weighted by molar-refractivity contribution is -0.123. The van der Waals surface area contributed by atoms with Crippen LogP contribution in [0.5, 0.6) is 0 Å². The predicted molar refractivity (Wildman–Crippen MR) is 154 cm³/mol. The van der Waals surface area contributed by atoms with Crippen molar-refractivity contribution in [3.8, 4) is 0 Å². The fraction of sp³-hybridized carbons (Fsp3) is 0.516. The first kappa shape index (κ1) is 28.8. The first-order chi connectivity index (χ1) is 18.8. The van der Waals surface area contributed by atoms with E-state index in [0.29, 0.717) is 45.1 Å². The van der Waals surface area contributed by atoms with Gasteiger partial charge in [-0.05, 0) is 98.1 Å². The third-order valence-electron chi connectivity index (χ3n) is 9.46. The van der Waals surface area contributed by atoms with Crippen LogP contribution in [0.4, 0.5) is 4.39 Å². The van der Waals surface area contributed by atoms with Crippen LogP contribution in [0, 0.1) is 22.6 Å². The van der Waals surface area contributed by atoms with Crippen molar-refractivity contribution in [2.75, 3.05) is 6.54 Å². The summed E-state index contributed by atoms with van der Waals surface area (Å²) in [5.41, 5.74) is 0.661. The van der Waals surface area contributed by atoms with Gasteiger partial charge in [0.05, 0.1) is 10.5 Å². The van der Waals surface area contributed by atoms with Gasteiger partial charge in [-0.2, -0.15) is 0 Å². The first-order valence-corrected chi connectivity index (χ1v) is 15.6. The van der Waals surface area contributed by atoms with Gasteiger partial charge in [0.1, 0.15) is 5.82 Å². The Balaban J connectivity index is 1.31. The second kappa shape index (κ2) is 10.6. The number of aromatic amines is 1. The molecular formula is C31H40FN3O4S. The van der Waals surface area contributed by atoms with E-state index in [2.05, 4.69) is 34.9 Å². The molecule has 2 aliphatic rings. The molecule has 3 aromatic rings. The number of H-pyrrole nitrogens is 1. The Morgan fingerprint density at radius 3 is 2.55 bits per heavy atom. The summed E-state index contributed by atoms with van der Waals surface area (Å²) in [7, 11) is -3.91. The van der Waals surface area contributed by atoms with Crippen LogP contribution >= 0.6 is 0 Å². The number of fused-ring (bicyclic) bond motifs is 2. The fourth-order valence-corrected chi connectivity index (χ4v) is 8.70. The maximum atomic E-state index is 13.5. The Morgan fingerprint density at radius 2 is 1.80 bits per heavy atom. The van der Waals surface area contributed by atoms with E-state index in [1.165, 1.54) is 12.1 Å². The number of para-hydroxylation sites is 1. The SMILES string of the molecule is CC1(O)CCC2(CCC(=O)NCCc3c[nH]c4ccccc34)C(NS(=O)(=O)c3ccc(F)cc3)CC(C)(C)C2C1. The van der Waals surface area contributed by atoms with Crippen molar-refractivity contribution in [1.29, 1.82) is 0 Å². The molecule has 4 N–H and O–H groups in total. The molecule has 2 aromatic carbocycles. The molecule has 1 aromatic heterocycles. The molecule has 40 heavy (non-hydrogen) atoms. The van der Waals surface area contributed by atoms with Crippen molar-refractivity contribution in [2.24, 2.45) is 16.7 Å². The average molecular weight is 570 g/mol. The van der Waals surface area contributed by atoms with E-state index in [1.807, 2.05) is 31.3 Å². The smallest absolute Gasteiger partial charge is 0.240 e. The molecule has 0 saturated heterocycles. The highest BCUT2D eigenvalue weighted by Gasteiger charge is 2.62. The molecule has 2 fully saturated rings. The summed E-state index contributed by atoms with van der Waals surface area (Å²) < 4.78 is 43.2. The fourth-order valence-electron chi connectivity index (χ4n) is 7.38. The highest BCUT2D eigenvalue weighted by atomic mass is 32.2. The minimum Gasteiger partial charge on any atom is -0.390 e. The molecule has 0 radical (unpaired) electrons. The molecule has 5 rings (SSSR count). The van der Waals surface area contributed by atoms with Crippen LogP contribution in [0.3, 0.4) is 0 Å². The van der Waals surface area contributed by atoms with Crippen molar-refractivity contribution in [2.45, 2.75) is 82.3 Å². The van der Waals surface area contributed by atoms with Crippen LogP contribution < -0.4 is 10.0 Å². The summed E-state index contributed by atoms with van der Waals surface area (Å²) in [5.74, 6) is -0.526. The maximum Gasteiger partial charge on any atom is 0.240 e. The largest absolute Gasteiger partial charge is 0.390 e. The number of carbonyl (C=O) groups excluding carboxylic acids is 1. The van der Waals surface area contributed by atoms with Gasteiger partial charge in [0, 0.05) is 36.1 Å². The molecule has 1 amide bonds. The van der Waals surface area contributed by atoms with E-state index < -0.39 is 32.9 Å². The van der Waals surface area contributed by atoms with Crippen LogP contribution in [0.25, 0.3) is 10.9 Å². The number of hydrogen-bond acceptors (Lipinski definition) is 4. The Morgan fingerprint density at radius 1 is 1.07 bits per heavy atom. The zero-order valence-corrected chi connectivity index (χ0v) is 24.3. The molecule has 1 heterocycles. The zero-order valence-electron chi connectivity index (χ0n) is 23.5. The molecule has 7 nitrogen and oxygen atoms in total. The molecule has 2 saturated carbocycles. The minimum absolute atomic E-state index is 0.0168. The van der Waals surface area contributed by atoms with Crippen LogP contribution in [0.15, 0.2) is 59.6 Å². The number of aliphatic hydroxyl groups is 1. The van der Waals surface area contributed by atoms with E-state index >= 15 is 0 Å². The lowest BCUT2D eigenvalue weighted by Gasteiger charge is -2.50. The van der Waals surface area contributed by atoms with Crippen molar-refractivity contribution in [3.05, 3.63) is 66.1 Å². The molecule has 0 aliphatic heterocycles. The summed E-state index contributed by atoms with van der Waals surface area (Å²) in [6, 6.07) is 12.5. The highest BCUT2D eigenvalue weighted by Crippen LogP contribution is 2.64. The second-order valence-electron chi connectivity index (χ2n) is 12.8. The number of sulfonamides is 1. The maximum absolute atomic E-state index is 13.5. The lowest BCUT2D eigenvalue weighted by Crippen LogP contribution is -2.52. The van der Waals surface area contributed by atoms with Gasteiger partial charge in [0.25, 0.3) is 0 Å². The van der Waals surface area contributed by atoms with E-state index in [0.717, 1.165) is 28.6 Å². The monoisotopic (exact) mass is 569 g/mol. The molecule has 0 bridgehead atoms. The van der Waals surface area contributed by atoms with Gasteiger partial charge in [0.2, 0.25) is 15.9 Å². The summed E-state index contributed by atoms with van der Waals surface area (Å²) in [5, 5.41) is 15.2. The lowest BCUT2D eigenvalue weighted by atomic mass is 9.57. The van der Waals surface area contributed by atoms with Crippen molar-refractivity contribution in [3.63, 3.8) is 0 Å². The van der Waals surface area contributed by atoms with Gasteiger partial charge in [-0.25, -0.2) is 17.5 Å². The number of carbonyl (C=O) groups is 1.